The van der Waals surface area contributed by atoms with Crippen LogP contribution in [0.1, 0.15) is 12.8 Å². The standard InChI is InChI=1S/C9H16F2N2O2/c10-8(11)6-15-4-2-9(14)13-7-1-3-12-5-7/h7-8,12H,1-6H2,(H,13,14)/t7-/m1/s1. The van der Waals surface area contributed by atoms with Crippen LogP contribution < -0.4 is 10.6 Å². The molecule has 1 heterocycles. The molecule has 1 rings (SSSR count). The third-order valence-corrected chi connectivity index (χ3v) is 2.14. The maximum absolute atomic E-state index is 11.7. The Morgan fingerprint density at radius 3 is 3.00 bits per heavy atom. The summed E-state index contributed by atoms with van der Waals surface area (Å²) >= 11 is 0. The van der Waals surface area contributed by atoms with Gasteiger partial charge in [0.25, 0.3) is 6.43 Å². The Balaban J connectivity index is 1.98. The molecule has 15 heavy (non-hydrogen) atoms. The maximum Gasteiger partial charge on any atom is 0.261 e. The van der Waals surface area contributed by atoms with Crippen molar-refractivity contribution in [3.8, 4) is 0 Å². The first-order chi connectivity index (χ1) is 7.18. The Bertz CT molecular complexity index is 197. The van der Waals surface area contributed by atoms with Crippen molar-refractivity contribution in [2.45, 2.75) is 25.3 Å². The molecule has 0 aromatic heterocycles. The molecule has 6 heteroatoms. The summed E-state index contributed by atoms with van der Waals surface area (Å²) in [6.45, 7) is 1.14. The van der Waals surface area contributed by atoms with E-state index >= 15 is 0 Å². The summed E-state index contributed by atoms with van der Waals surface area (Å²) in [4.78, 5) is 11.2. The van der Waals surface area contributed by atoms with E-state index in [9.17, 15) is 13.6 Å². The summed E-state index contributed by atoms with van der Waals surface area (Å²) in [5, 5.41) is 5.91. The zero-order chi connectivity index (χ0) is 11.1. The molecule has 88 valence electrons. The molecular weight excluding hydrogens is 206 g/mol. The molecule has 0 aromatic rings. The second kappa shape index (κ2) is 6.68. The van der Waals surface area contributed by atoms with E-state index in [0.717, 1.165) is 19.5 Å². The van der Waals surface area contributed by atoms with Crippen LogP contribution >= 0.6 is 0 Å². The van der Waals surface area contributed by atoms with Crippen molar-refractivity contribution in [1.29, 1.82) is 0 Å². The first-order valence-electron chi connectivity index (χ1n) is 5.04. The SMILES string of the molecule is O=C(CCOCC(F)F)N[C@@H]1CCNC1. The van der Waals surface area contributed by atoms with Crippen LogP contribution in [0.4, 0.5) is 8.78 Å². The fourth-order valence-electron chi connectivity index (χ4n) is 1.41. The van der Waals surface area contributed by atoms with Crippen molar-refractivity contribution in [2.24, 2.45) is 0 Å². The molecule has 0 aliphatic carbocycles. The molecule has 0 radical (unpaired) electrons. The number of carbonyl (C=O) groups is 1. The number of rotatable bonds is 6. The van der Waals surface area contributed by atoms with Crippen molar-refractivity contribution >= 4 is 5.91 Å². The lowest BCUT2D eigenvalue weighted by molar-refractivity contribution is -0.123. The number of hydrogen-bond donors (Lipinski definition) is 2. The maximum atomic E-state index is 11.7. The van der Waals surface area contributed by atoms with Crippen LogP contribution in [-0.2, 0) is 9.53 Å². The van der Waals surface area contributed by atoms with E-state index in [1.165, 1.54) is 0 Å². The summed E-state index contributed by atoms with van der Waals surface area (Å²) in [5.41, 5.74) is 0. The number of carbonyl (C=O) groups excluding carboxylic acids is 1. The van der Waals surface area contributed by atoms with E-state index in [1.807, 2.05) is 0 Å². The van der Waals surface area contributed by atoms with Crippen molar-refractivity contribution < 1.29 is 18.3 Å². The van der Waals surface area contributed by atoms with Gasteiger partial charge in [-0.15, -0.1) is 0 Å². The van der Waals surface area contributed by atoms with Crippen molar-refractivity contribution in [3.05, 3.63) is 0 Å². The molecule has 1 aliphatic heterocycles. The first-order valence-corrected chi connectivity index (χ1v) is 5.04. The highest BCUT2D eigenvalue weighted by Gasteiger charge is 2.16. The Kier molecular flexibility index (Phi) is 5.49. The van der Waals surface area contributed by atoms with Gasteiger partial charge in [-0.05, 0) is 13.0 Å². The van der Waals surface area contributed by atoms with Gasteiger partial charge in [-0.1, -0.05) is 0 Å². The summed E-state index contributed by atoms with van der Waals surface area (Å²) in [7, 11) is 0. The largest absolute Gasteiger partial charge is 0.375 e. The molecule has 1 atom stereocenters. The van der Waals surface area contributed by atoms with E-state index in [2.05, 4.69) is 15.4 Å². The van der Waals surface area contributed by atoms with Crippen molar-refractivity contribution in [1.82, 2.24) is 10.6 Å². The van der Waals surface area contributed by atoms with Gasteiger partial charge in [-0.2, -0.15) is 0 Å². The molecular formula is C9H16F2N2O2. The third kappa shape index (κ3) is 5.64. The minimum absolute atomic E-state index is 0.0519. The van der Waals surface area contributed by atoms with Crippen molar-refractivity contribution in [3.63, 3.8) is 0 Å². The second-order valence-corrected chi connectivity index (χ2v) is 3.47. The summed E-state index contributed by atoms with van der Waals surface area (Å²) in [6.07, 6.45) is -1.40. The van der Waals surface area contributed by atoms with Gasteiger partial charge in [0.05, 0.1) is 6.61 Å². The molecule has 0 bridgehead atoms. The third-order valence-electron chi connectivity index (χ3n) is 2.14. The second-order valence-electron chi connectivity index (χ2n) is 3.47. The molecule has 0 spiro atoms. The number of ether oxygens (including phenoxy) is 1. The fraction of sp³-hybridized carbons (Fsp3) is 0.889. The van der Waals surface area contributed by atoms with Gasteiger partial charge in [-0.3, -0.25) is 4.79 Å². The smallest absolute Gasteiger partial charge is 0.261 e. The van der Waals surface area contributed by atoms with Crippen LogP contribution in [0.2, 0.25) is 0 Å². The monoisotopic (exact) mass is 222 g/mol. The van der Waals surface area contributed by atoms with E-state index in [0.29, 0.717) is 0 Å². The molecule has 1 saturated heterocycles. The average molecular weight is 222 g/mol. The van der Waals surface area contributed by atoms with E-state index in [4.69, 9.17) is 0 Å². The molecule has 1 aliphatic rings. The lowest BCUT2D eigenvalue weighted by Crippen LogP contribution is -2.36. The van der Waals surface area contributed by atoms with E-state index in [-0.39, 0.29) is 25.0 Å². The lowest BCUT2D eigenvalue weighted by Gasteiger charge is -2.11. The van der Waals surface area contributed by atoms with Crippen LogP contribution in [0.25, 0.3) is 0 Å². The van der Waals surface area contributed by atoms with Gasteiger partial charge in [0.2, 0.25) is 5.91 Å². The van der Waals surface area contributed by atoms with Gasteiger partial charge >= 0.3 is 0 Å². The average Bonchev–Trinajstić information content (AvgIpc) is 2.64. The Morgan fingerprint density at radius 2 is 2.40 bits per heavy atom. The summed E-state index contributed by atoms with van der Waals surface area (Å²) < 4.78 is 27.9. The fourth-order valence-corrected chi connectivity index (χ4v) is 1.41. The quantitative estimate of drug-likeness (QED) is 0.628. The highest BCUT2D eigenvalue weighted by Crippen LogP contribution is 1.98. The van der Waals surface area contributed by atoms with Crippen LogP contribution in [0.3, 0.4) is 0 Å². The molecule has 0 aromatic carbocycles. The molecule has 0 saturated carbocycles. The minimum Gasteiger partial charge on any atom is -0.375 e. The zero-order valence-corrected chi connectivity index (χ0v) is 8.47. The Labute approximate surface area is 87.4 Å². The highest BCUT2D eigenvalue weighted by atomic mass is 19.3. The molecule has 1 fully saturated rings. The predicted octanol–water partition coefficient (Wildman–Crippen LogP) is 0.136. The van der Waals surface area contributed by atoms with Crippen LogP contribution in [-0.4, -0.2) is 44.7 Å². The van der Waals surface area contributed by atoms with Gasteiger partial charge in [-0.25, -0.2) is 8.78 Å². The number of alkyl halides is 2. The van der Waals surface area contributed by atoms with Gasteiger partial charge < -0.3 is 15.4 Å². The molecule has 0 unspecified atom stereocenters. The first kappa shape index (κ1) is 12.3. The van der Waals surface area contributed by atoms with E-state index < -0.39 is 13.0 Å². The van der Waals surface area contributed by atoms with Gasteiger partial charge in [0.1, 0.15) is 6.61 Å². The van der Waals surface area contributed by atoms with Gasteiger partial charge in [0, 0.05) is 19.0 Å². The van der Waals surface area contributed by atoms with Gasteiger partial charge in [0.15, 0.2) is 0 Å². The normalized spacial score (nSPS) is 20.9. The van der Waals surface area contributed by atoms with Crippen LogP contribution in [0.15, 0.2) is 0 Å². The van der Waals surface area contributed by atoms with Crippen LogP contribution in [0, 0.1) is 0 Å². The lowest BCUT2D eigenvalue weighted by atomic mass is 10.2. The highest BCUT2D eigenvalue weighted by molar-refractivity contribution is 5.76. The van der Waals surface area contributed by atoms with E-state index in [1.54, 1.807) is 0 Å². The van der Waals surface area contributed by atoms with Crippen LogP contribution in [0.5, 0.6) is 0 Å². The topological polar surface area (TPSA) is 50.4 Å². The zero-order valence-electron chi connectivity index (χ0n) is 8.47. The molecule has 1 amide bonds. The Hall–Kier alpha value is -0.750. The predicted molar refractivity (Wildman–Crippen MR) is 50.9 cm³/mol. The Morgan fingerprint density at radius 1 is 1.60 bits per heavy atom. The summed E-state index contributed by atoms with van der Waals surface area (Å²) in [6, 6.07) is 0.174. The number of amides is 1. The number of hydrogen-bond acceptors (Lipinski definition) is 3. The number of halogens is 2. The molecule has 4 nitrogen and oxygen atoms in total. The number of nitrogens with one attached hydrogen (secondary N) is 2. The van der Waals surface area contributed by atoms with Crippen molar-refractivity contribution in [2.75, 3.05) is 26.3 Å². The minimum atomic E-state index is -2.47. The molecule has 2 N–H and O–H groups in total. The summed E-state index contributed by atoms with van der Waals surface area (Å²) in [5.74, 6) is -0.141.